The maximum Gasteiger partial charge on any atom is 0.134 e. The Morgan fingerprint density at radius 1 is 0.875 bits per heavy atom. The Morgan fingerprint density at radius 3 is 2.47 bits per heavy atom. The van der Waals surface area contributed by atoms with Gasteiger partial charge in [0.25, 0.3) is 0 Å². The second kappa shape index (κ2) is 8.81. The highest BCUT2D eigenvalue weighted by Gasteiger charge is 2.25. The summed E-state index contributed by atoms with van der Waals surface area (Å²) in [5.74, 6) is 1.48. The summed E-state index contributed by atoms with van der Waals surface area (Å²) >= 11 is 0. The lowest BCUT2D eigenvalue weighted by Gasteiger charge is -2.31. The van der Waals surface area contributed by atoms with Gasteiger partial charge in [-0.3, -0.25) is 4.98 Å². The topological polar surface area (TPSA) is 37.8 Å². The van der Waals surface area contributed by atoms with Crippen molar-refractivity contribution in [2.45, 2.75) is 51.0 Å². The Hall–Kier alpha value is -3.08. The predicted octanol–water partition coefficient (Wildman–Crippen LogP) is 7.23. The maximum absolute atomic E-state index is 13.8. The normalized spacial score (nSPS) is 19.8. The van der Waals surface area contributed by atoms with Crippen molar-refractivity contribution >= 4 is 27.5 Å². The van der Waals surface area contributed by atoms with Gasteiger partial charge in [0.15, 0.2) is 0 Å². The molecule has 1 aliphatic rings. The predicted molar refractivity (Wildman–Crippen MR) is 126 cm³/mol. The number of hydrogen-bond acceptors (Lipinski definition) is 3. The van der Waals surface area contributed by atoms with Crippen LogP contribution in [0.3, 0.4) is 0 Å². The highest BCUT2D eigenvalue weighted by Crippen LogP contribution is 2.40. The first kappa shape index (κ1) is 20.8. The third-order valence-electron chi connectivity index (χ3n) is 6.82. The monoisotopic (exact) mass is 431 g/mol. The van der Waals surface area contributed by atoms with E-state index in [-0.39, 0.29) is 17.7 Å². The van der Waals surface area contributed by atoms with Crippen molar-refractivity contribution in [2.75, 3.05) is 5.32 Å². The van der Waals surface area contributed by atoms with Gasteiger partial charge in [-0.2, -0.15) is 0 Å². The third-order valence-corrected chi connectivity index (χ3v) is 6.82. The second-order valence-electron chi connectivity index (χ2n) is 9.09. The lowest BCUT2D eigenvalue weighted by molar-refractivity contribution is 0.302. The number of anilines is 1. The van der Waals surface area contributed by atoms with Crippen LogP contribution in [0.25, 0.3) is 21.7 Å². The van der Waals surface area contributed by atoms with Gasteiger partial charge in [-0.1, -0.05) is 0 Å². The molecule has 1 fully saturated rings. The summed E-state index contributed by atoms with van der Waals surface area (Å²) in [6.45, 7) is 2.19. The van der Waals surface area contributed by atoms with Gasteiger partial charge in [-0.05, 0) is 110 Å². The molecule has 2 aromatic heterocycles. The minimum Gasteiger partial charge on any atom is -0.367 e. The molecule has 0 amide bonds. The summed E-state index contributed by atoms with van der Waals surface area (Å²) in [4.78, 5) is 8.88. The Bertz CT molecular complexity index is 1250. The van der Waals surface area contributed by atoms with Crippen molar-refractivity contribution in [1.29, 1.82) is 0 Å². The van der Waals surface area contributed by atoms with Crippen molar-refractivity contribution in [3.63, 3.8) is 0 Å². The molecule has 0 radical (unpaired) electrons. The number of hydrogen-bond donors (Lipinski definition) is 1. The fraction of sp³-hybridized carbons (Fsp3) is 0.333. The van der Waals surface area contributed by atoms with Crippen molar-refractivity contribution in [3.8, 4) is 0 Å². The highest BCUT2D eigenvalue weighted by molar-refractivity contribution is 5.91. The quantitative estimate of drug-likeness (QED) is 0.362. The fourth-order valence-corrected chi connectivity index (χ4v) is 5.26. The molecule has 1 aliphatic carbocycles. The van der Waals surface area contributed by atoms with Gasteiger partial charge in [-0.15, -0.1) is 0 Å². The Balaban J connectivity index is 1.23. The Labute approximate surface area is 186 Å². The average molecular weight is 432 g/mol. The molecule has 0 saturated heterocycles. The van der Waals surface area contributed by atoms with Crippen molar-refractivity contribution in [1.82, 2.24) is 9.97 Å². The molecule has 0 bridgehead atoms. The molecule has 1 unspecified atom stereocenters. The van der Waals surface area contributed by atoms with E-state index in [1.54, 1.807) is 30.5 Å². The van der Waals surface area contributed by atoms with Gasteiger partial charge < -0.3 is 5.32 Å². The number of rotatable bonds is 5. The van der Waals surface area contributed by atoms with Crippen molar-refractivity contribution < 1.29 is 8.78 Å². The third kappa shape index (κ3) is 4.29. The first-order valence-corrected chi connectivity index (χ1v) is 11.4. The van der Waals surface area contributed by atoms with Crippen LogP contribution in [-0.4, -0.2) is 16.0 Å². The van der Waals surface area contributed by atoms with Gasteiger partial charge in [0, 0.05) is 29.2 Å². The lowest BCUT2D eigenvalue weighted by atomic mass is 9.76. The molecule has 2 heterocycles. The molecular formula is C27H27F2N3. The minimum atomic E-state index is -0.232. The summed E-state index contributed by atoms with van der Waals surface area (Å²) < 4.78 is 27.4. The minimum absolute atomic E-state index is 0.204. The van der Waals surface area contributed by atoms with E-state index >= 15 is 0 Å². The summed E-state index contributed by atoms with van der Waals surface area (Å²) in [6.07, 6.45) is 9.17. The van der Waals surface area contributed by atoms with E-state index in [0.717, 1.165) is 59.6 Å². The van der Waals surface area contributed by atoms with Crippen LogP contribution in [0.2, 0.25) is 0 Å². The van der Waals surface area contributed by atoms with Crippen LogP contribution in [0, 0.1) is 17.6 Å². The molecule has 1 N–H and O–H groups in total. The molecule has 1 atom stereocenters. The van der Waals surface area contributed by atoms with Gasteiger partial charge >= 0.3 is 0 Å². The van der Waals surface area contributed by atoms with Gasteiger partial charge in [0.05, 0.1) is 5.52 Å². The van der Waals surface area contributed by atoms with Gasteiger partial charge in [-0.25, -0.2) is 13.8 Å². The molecule has 5 heteroatoms. The SMILES string of the molecule is CC(CC1CCC(c2ccnc3ccc(F)cc23)CC1)Nc1nccc2cc(F)ccc12. The van der Waals surface area contributed by atoms with E-state index in [1.807, 2.05) is 12.3 Å². The van der Waals surface area contributed by atoms with Crippen LogP contribution in [0.1, 0.15) is 50.5 Å². The summed E-state index contributed by atoms with van der Waals surface area (Å²) in [7, 11) is 0. The number of nitrogens with zero attached hydrogens (tertiary/aromatic N) is 2. The number of aromatic nitrogens is 2. The van der Waals surface area contributed by atoms with Crippen LogP contribution in [0.4, 0.5) is 14.6 Å². The zero-order chi connectivity index (χ0) is 22.1. The molecule has 1 saturated carbocycles. The molecule has 32 heavy (non-hydrogen) atoms. The van der Waals surface area contributed by atoms with E-state index in [1.165, 1.54) is 17.7 Å². The number of fused-ring (bicyclic) bond motifs is 2. The molecule has 0 spiro atoms. The van der Waals surface area contributed by atoms with E-state index in [9.17, 15) is 8.78 Å². The fourth-order valence-electron chi connectivity index (χ4n) is 5.26. The maximum atomic E-state index is 13.8. The first-order chi connectivity index (χ1) is 15.6. The van der Waals surface area contributed by atoms with Crippen molar-refractivity contribution in [3.05, 3.63) is 78.1 Å². The Kier molecular flexibility index (Phi) is 5.73. The molecule has 0 aliphatic heterocycles. The second-order valence-corrected chi connectivity index (χ2v) is 9.09. The zero-order valence-corrected chi connectivity index (χ0v) is 18.2. The largest absolute Gasteiger partial charge is 0.367 e. The smallest absolute Gasteiger partial charge is 0.134 e. The van der Waals surface area contributed by atoms with Crippen LogP contribution in [0.5, 0.6) is 0 Å². The van der Waals surface area contributed by atoms with Crippen molar-refractivity contribution in [2.24, 2.45) is 5.92 Å². The number of nitrogens with one attached hydrogen (secondary N) is 1. The van der Waals surface area contributed by atoms with E-state index < -0.39 is 0 Å². The first-order valence-electron chi connectivity index (χ1n) is 11.4. The molecule has 3 nitrogen and oxygen atoms in total. The van der Waals surface area contributed by atoms with Gasteiger partial charge in [0.1, 0.15) is 17.5 Å². The molecule has 2 aromatic carbocycles. The van der Waals surface area contributed by atoms with E-state index in [2.05, 4.69) is 28.3 Å². The summed E-state index contributed by atoms with van der Waals surface area (Å²) in [6, 6.07) is 13.9. The molecular weight excluding hydrogens is 404 g/mol. The molecule has 164 valence electrons. The van der Waals surface area contributed by atoms with E-state index in [4.69, 9.17) is 0 Å². The van der Waals surface area contributed by atoms with Gasteiger partial charge in [0.2, 0.25) is 0 Å². The average Bonchev–Trinajstić information content (AvgIpc) is 2.79. The molecule has 4 aromatic rings. The van der Waals surface area contributed by atoms with Crippen LogP contribution < -0.4 is 5.32 Å². The number of benzene rings is 2. The summed E-state index contributed by atoms with van der Waals surface area (Å²) in [5.41, 5.74) is 2.10. The van der Waals surface area contributed by atoms with E-state index in [0.29, 0.717) is 11.8 Å². The number of halogens is 2. The van der Waals surface area contributed by atoms with Crippen LogP contribution in [0.15, 0.2) is 60.9 Å². The zero-order valence-electron chi connectivity index (χ0n) is 18.2. The Morgan fingerprint density at radius 2 is 1.62 bits per heavy atom. The van der Waals surface area contributed by atoms with Crippen LogP contribution >= 0.6 is 0 Å². The standard InChI is InChI=1S/C27H27F2N3/c1-17(32-27-24-8-6-21(28)15-20(24)10-12-31-27)14-18-2-4-19(5-3-18)23-11-13-30-26-9-7-22(29)16-25(23)26/h6-13,15-19H,2-5,14H2,1H3,(H,31,32). The lowest BCUT2D eigenvalue weighted by Crippen LogP contribution is -2.23. The molecule has 5 rings (SSSR count). The highest BCUT2D eigenvalue weighted by atomic mass is 19.1. The number of pyridine rings is 2. The van der Waals surface area contributed by atoms with Crippen LogP contribution in [-0.2, 0) is 0 Å². The summed E-state index contributed by atoms with van der Waals surface area (Å²) in [5, 5.41) is 6.29.